The van der Waals surface area contributed by atoms with Gasteiger partial charge in [-0.1, -0.05) is 12.1 Å². The molecule has 1 aliphatic rings. The van der Waals surface area contributed by atoms with Crippen molar-refractivity contribution >= 4 is 5.91 Å². The summed E-state index contributed by atoms with van der Waals surface area (Å²) in [6.07, 6.45) is 4.20. The number of hydrogen-bond donors (Lipinski definition) is 1. The second-order valence-corrected chi connectivity index (χ2v) is 6.56. The predicted octanol–water partition coefficient (Wildman–Crippen LogP) is 2.01. The first-order valence-corrected chi connectivity index (χ1v) is 8.69. The van der Waals surface area contributed by atoms with E-state index in [1.165, 1.54) is 0 Å². The van der Waals surface area contributed by atoms with Crippen molar-refractivity contribution in [3.05, 3.63) is 71.7 Å². The van der Waals surface area contributed by atoms with Gasteiger partial charge in [-0.25, -0.2) is 0 Å². The Hall–Kier alpha value is -2.99. The summed E-state index contributed by atoms with van der Waals surface area (Å²) in [5.74, 6) is 0.0444. The molecule has 0 fully saturated rings. The zero-order valence-electron chi connectivity index (χ0n) is 14.7. The molecule has 1 amide bonds. The molecule has 0 radical (unpaired) electrons. The molecular weight excluding hydrogens is 326 g/mol. The van der Waals surface area contributed by atoms with Crippen molar-refractivity contribution in [1.29, 1.82) is 0 Å². The van der Waals surface area contributed by atoms with E-state index in [-0.39, 0.29) is 11.9 Å². The Morgan fingerprint density at radius 2 is 2.08 bits per heavy atom. The average Bonchev–Trinajstić information content (AvgIpc) is 3.24. The zero-order chi connectivity index (χ0) is 18.1. The van der Waals surface area contributed by atoms with Crippen molar-refractivity contribution in [2.24, 2.45) is 12.8 Å². The minimum Gasteiger partial charge on any atom is -0.330 e. The van der Waals surface area contributed by atoms with Crippen LogP contribution in [0.1, 0.15) is 21.6 Å². The summed E-state index contributed by atoms with van der Waals surface area (Å²) in [6, 6.07) is 13.7. The van der Waals surface area contributed by atoms with Gasteiger partial charge in [0.15, 0.2) is 0 Å². The molecular formula is C20H21N5O. The fourth-order valence-corrected chi connectivity index (χ4v) is 3.54. The Labute approximate surface area is 152 Å². The Kier molecular flexibility index (Phi) is 4.26. The number of pyridine rings is 1. The van der Waals surface area contributed by atoms with Crippen molar-refractivity contribution in [3.63, 3.8) is 0 Å². The van der Waals surface area contributed by atoms with E-state index >= 15 is 0 Å². The number of carbonyl (C=O) groups is 1. The molecule has 0 saturated heterocycles. The third-order valence-corrected chi connectivity index (χ3v) is 4.94. The van der Waals surface area contributed by atoms with Crippen LogP contribution in [0.15, 0.2) is 54.9 Å². The maximum Gasteiger partial charge on any atom is 0.254 e. The van der Waals surface area contributed by atoms with E-state index in [0.717, 1.165) is 28.1 Å². The third kappa shape index (κ3) is 2.88. The molecule has 132 valence electrons. The Morgan fingerprint density at radius 3 is 2.77 bits per heavy atom. The number of benzene rings is 1. The second-order valence-electron chi connectivity index (χ2n) is 6.56. The van der Waals surface area contributed by atoms with Gasteiger partial charge in [-0.15, -0.1) is 0 Å². The molecule has 4 rings (SSSR count). The van der Waals surface area contributed by atoms with Gasteiger partial charge in [-0.2, -0.15) is 5.10 Å². The van der Waals surface area contributed by atoms with E-state index < -0.39 is 0 Å². The SMILES string of the molecule is Cn1nccc1-c1ccc2c(c1)CN([C@H](CN)Cc1ccccn1)C2=O. The molecule has 3 heterocycles. The number of aryl methyl sites for hydroxylation is 1. The standard InChI is InChI=1S/C20H21N5O/c1-24-19(7-9-23-24)14-5-6-18-15(10-14)13-25(20(18)26)17(12-21)11-16-4-2-3-8-22-16/h2-10,17H,11-13,21H2,1H3/t17-/m0/s1. The minimum absolute atomic E-state index is 0.0444. The first kappa shape index (κ1) is 16.5. The van der Waals surface area contributed by atoms with Crippen LogP contribution in [0.3, 0.4) is 0 Å². The molecule has 1 atom stereocenters. The molecule has 0 bridgehead atoms. The molecule has 1 aliphatic heterocycles. The molecule has 1 aromatic carbocycles. The summed E-state index contributed by atoms with van der Waals surface area (Å²) < 4.78 is 1.83. The van der Waals surface area contributed by atoms with Crippen molar-refractivity contribution in [3.8, 4) is 11.3 Å². The first-order valence-electron chi connectivity index (χ1n) is 8.69. The van der Waals surface area contributed by atoms with Gasteiger partial charge < -0.3 is 10.6 Å². The summed E-state index contributed by atoms with van der Waals surface area (Å²) >= 11 is 0. The topological polar surface area (TPSA) is 77.0 Å². The number of aromatic nitrogens is 3. The molecule has 26 heavy (non-hydrogen) atoms. The zero-order valence-corrected chi connectivity index (χ0v) is 14.7. The highest BCUT2D eigenvalue weighted by molar-refractivity contribution is 5.99. The Bertz CT molecular complexity index is 934. The van der Waals surface area contributed by atoms with Crippen LogP contribution in [0, 0.1) is 0 Å². The van der Waals surface area contributed by atoms with E-state index in [1.807, 2.05) is 53.0 Å². The largest absolute Gasteiger partial charge is 0.330 e. The second kappa shape index (κ2) is 6.72. The van der Waals surface area contributed by atoms with Gasteiger partial charge in [0.1, 0.15) is 0 Å². The number of rotatable bonds is 5. The number of fused-ring (bicyclic) bond motifs is 1. The van der Waals surface area contributed by atoms with Gasteiger partial charge in [0.2, 0.25) is 0 Å². The lowest BCUT2D eigenvalue weighted by Gasteiger charge is -2.26. The number of amides is 1. The van der Waals surface area contributed by atoms with Crippen LogP contribution in [0.5, 0.6) is 0 Å². The number of carbonyl (C=O) groups excluding carboxylic acids is 1. The average molecular weight is 347 g/mol. The van der Waals surface area contributed by atoms with E-state index in [2.05, 4.69) is 16.1 Å². The van der Waals surface area contributed by atoms with Crippen LogP contribution in [-0.2, 0) is 20.0 Å². The third-order valence-electron chi connectivity index (χ3n) is 4.94. The van der Waals surface area contributed by atoms with E-state index in [9.17, 15) is 4.79 Å². The summed E-state index contributed by atoms with van der Waals surface area (Å²) in [6.45, 7) is 0.986. The molecule has 6 nitrogen and oxygen atoms in total. The maximum atomic E-state index is 12.9. The maximum absolute atomic E-state index is 12.9. The van der Waals surface area contributed by atoms with E-state index in [0.29, 0.717) is 19.5 Å². The summed E-state index contributed by atoms with van der Waals surface area (Å²) in [4.78, 5) is 19.1. The molecule has 0 saturated carbocycles. The van der Waals surface area contributed by atoms with Crippen molar-refractivity contribution < 1.29 is 4.79 Å². The summed E-state index contributed by atoms with van der Waals surface area (Å²) in [5.41, 5.74) is 10.8. The lowest BCUT2D eigenvalue weighted by atomic mass is 10.0. The molecule has 0 spiro atoms. The quantitative estimate of drug-likeness (QED) is 0.766. The highest BCUT2D eigenvalue weighted by atomic mass is 16.2. The summed E-state index contributed by atoms with van der Waals surface area (Å²) in [7, 11) is 1.91. The monoisotopic (exact) mass is 347 g/mol. The minimum atomic E-state index is -0.0649. The molecule has 3 aromatic rings. The molecule has 0 unspecified atom stereocenters. The van der Waals surface area contributed by atoms with Gasteiger partial charge >= 0.3 is 0 Å². The van der Waals surface area contributed by atoms with E-state index in [4.69, 9.17) is 5.73 Å². The van der Waals surface area contributed by atoms with Crippen LogP contribution in [0.25, 0.3) is 11.3 Å². The van der Waals surface area contributed by atoms with Gasteiger partial charge in [-0.05, 0) is 35.9 Å². The first-order chi connectivity index (χ1) is 12.7. The van der Waals surface area contributed by atoms with Crippen LogP contribution in [0.4, 0.5) is 0 Å². The highest BCUT2D eigenvalue weighted by Gasteiger charge is 2.32. The van der Waals surface area contributed by atoms with Crippen LogP contribution in [-0.4, -0.2) is 38.2 Å². The van der Waals surface area contributed by atoms with Crippen LogP contribution in [0.2, 0.25) is 0 Å². The fourth-order valence-electron chi connectivity index (χ4n) is 3.54. The number of nitrogens with two attached hydrogens (primary N) is 1. The number of hydrogen-bond acceptors (Lipinski definition) is 4. The predicted molar refractivity (Wildman–Crippen MR) is 99.3 cm³/mol. The van der Waals surface area contributed by atoms with Gasteiger partial charge in [0.25, 0.3) is 5.91 Å². The normalized spacial score (nSPS) is 14.5. The van der Waals surface area contributed by atoms with Crippen LogP contribution >= 0.6 is 0 Å². The van der Waals surface area contributed by atoms with Gasteiger partial charge in [0, 0.05) is 55.8 Å². The summed E-state index contributed by atoms with van der Waals surface area (Å²) in [5, 5.41) is 4.22. The van der Waals surface area contributed by atoms with Gasteiger partial charge in [0.05, 0.1) is 11.7 Å². The molecule has 6 heteroatoms. The lowest BCUT2D eigenvalue weighted by Crippen LogP contribution is -2.42. The Morgan fingerprint density at radius 1 is 1.19 bits per heavy atom. The fraction of sp³-hybridized carbons (Fsp3) is 0.250. The van der Waals surface area contributed by atoms with E-state index in [1.54, 1.807) is 12.4 Å². The van der Waals surface area contributed by atoms with Gasteiger partial charge in [-0.3, -0.25) is 14.5 Å². The molecule has 2 aromatic heterocycles. The van der Waals surface area contributed by atoms with Crippen LogP contribution < -0.4 is 5.73 Å². The van der Waals surface area contributed by atoms with Crippen molar-refractivity contribution in [2.45, 2.75) is 19.0 Å². The lowest BCUT2D eigenvalue weighted by molar-refractivity contribution is 0.0707. The van der Waals surface area contributed by atoms with Crippen molar-refractivity contribution in [2.75, 3.05) is 6.54 Å². The molecule has 2 N–H and O–H groups in total. The highest BCUT2D eigenvalue weighted by Crippen LogP contribution is 2.29. The number of nitrogens with zero attached hydrogens (tertiary/aromatic N) is 4. The Balaban J connectivity index is 1.60. The van der Waals surface area contributed by atoms with Crippen molar-refractivity contribution in [1.82, 2.24) is 19.7 Å². The smallest absolute Gasteiger partial charge is 0.254 e. The molecule has 0 aliphatic carbocycles.